The number of anilines is 1. The smallest absolute Gasteiger partial charge is 0.0366 e. The van der Waals surface area contributed by atoms with Crippen LogP contribution < -0.4 is 10.2 Å². The summed E-state index contributed by atoms with van der Waals surface area (Å²) in [7, 11) is 2.08. The van der Waals surface area contributed by atoms with Gasteiger partial charge >= 0.3 is 0 Å². The molecule has 2 saturated heterocycles. The summed E-state index contributed by atoms with van der Waals surface area (Å²) in [5, 5.41) is 3.36. The number of rotatable bonds is 4. The maximum absolute atomic E-state index is 3.36. The van der Waals surface area contributed by atoms with Gasteiger partial charge in [0.15, 0.2) is 0 Å². The average Bonchev–Trinajstić information content (AvgIpc) is 2.97. The highest BCUT2D eigenvalue weighted by atomic mass is 15.2. The van der Waals surface area contributed by atoms with Gasteiger partial charge in [0.2, 0.25) is 0 Å². The van der Waals surface area contributed by atoms with Crippen molar-refractivity contribution in [1.82, 2.24) is 10.2 Å². The van der Waals surface area contributed by atoms with Crippen LogP contribution in [0.5, 0.6) is 0 Å². The van der Waals surface area contributed by atoms with Crippen molar-refractivity contribution in [3.63, 3.8) is 0 Å². The van der Waals surface area contributed by atoms with Crippen molar-refractivity contribution >= 4 is 5.69 Å². The van der Waals surface area contributed by atoms with Gasteiger partial charge in [-0.25, -0.2) is 0 Å². The third-order valence-corrected chi connectivity index (χ3v) is 4.92. The molecule has 20 heavy (non-hydrogen) atoms. The minimum atomic E-state index is 0.772. The van der Waals surface area contributed by atoms with E-state index in [1.807, 2.05) is 0 Å². The monoisotopic (exact) mass is 273 g/mol. The van der Waals surface area contributed by atoms with Crippen LogP contribution in [0.2, 0.25) is 0 Å². The zero-order chi connectivity index (χ0) is 13.8. The van der Waals surface area contributed by atoms with E-state index in [0.717, 1.165) is 18.6 Å². The Kier molecular flexibility index (Phi) is 4.58. The summed E-state index contributed by atoms with van der Waals surface area (Å²) in [5.41, 5.74) is 1.39. The fraction of sp³-hybridized carbons (Fsp3) is 0.647. The van der Waals surface area contributed by atoms with Gasteiger partial charge in [0.1, 0.15) is 0 Å². The molecule has 110 valence electrons. The highest BCUT2D eigenvalue weighted by molar-refractivity contribution is 5.46. The Morgan fingerprint density at radius 2 is 1.80 bits per heavy atom. The lowest BCUT2D eigenvalue weighted by atomic mass is 10.0. The molecule has 0 aromatic heterocycles. The van der Waals surface area contributed by atoms with E-state index < -0.39 is 0 Å². The van der Waals surface area contributed by atoms with Gasteiger partial charge in [0.05, 0.1) is 0 Å². The van der Waals surface area contributed by atoms with E-state index >= 15 is 0 Å². The zero-order valence-electron chi connectivity index (χ0n) is 12.6. The fourth-order valence-corrected chi connectivity index (χ4v) is 3.89. The average molecular weight is 273 g/mol. The summed E-state index contributed by atoms with van der Waals surface area (Å²) in [6, 6.07) is 12.4. The predicted molar refractivity (Wildman–Crippen MR) is 85.3 cm³/mol. The molecular formula is C17H27N3. The second kappa shape index (κ2) is 6.59. The minimum absolute atomic E-state index is 0.772. The summed E-state index contributed by atoms with van der Waals surface area (Å²) in [4.78, 5) is 5.32. The fourth-order valence-electron chi connectivity index (χ4n) is 3.89. The van der Waals surface area contributed by atoms with E-state index in [1.165, 1.54) is 51.0 Å². The first-order valence-corrected chi connectivity index (χ1v) is 8.09. The third-order valence-electron chi connectivity index (χ3n) is 4.92. The summed E-state index contributed by atoms with van der Waals surface area (Å²) >= 11 is 0. The van der Waals surface area contributed by atoms with Gasteiger partial charge in [-0.3, -0.25) is 4.90 Å². The number of para-hydroxylation sites is 1. The molecular weight excluding hydrogens is 246 g/mol. The lowest BCUT2D eigenvalue weighted by Gasteiger charge is -2.40. The van der Waals surface area contributed by atoms with E-state index in [2.05, 4.69) is 52.5 Å². The largest absolute Gasteiger partial charge is 0.371 e. The molecule has 1 atom stereocenters. The summed E-state index contributed by atoms with van der Waals surface area (Å²) in [6.45, 7) is 4.87. The van der Waals surface area contributed by atoms with E-state index in [9.17, 15) is 0 Å². The van der Waals surface area contributed by atoms with Crippen molar-refractivity contribution in [2.45, 2.75) is 37.8 Å². The maximum Gasteiger partial charge on any atom is 0.0366 e. The number of benzene rings is 1. The number of hydrogen-bond donors (Lipinski definition) is 1. The van der Waals surface area contributed by atoms with Crippen LogP contribution in [0, 0.1) is 0 Å². The number of piperidine rings is 1. The topological polar surface area (TPSA) is 18.5 Å². The molecule has 1 unspecified atom stereocenters. The van der Waals surface area contributed by atoms with Gasteiger partial charge in [0.25, 0.3) is 0 Å². The minimum Gasteiger partial charge on any atom is -0.371 e. The van der Waals surface area contributed by atoms with Gasteiger partial charge in [-0.05, 0) is 51.4 Å². The molecule has 0 amide bonds. The molecule has 0 spiro atoms. The van der Waals surface area contributed by atoms with Crippen molar-refractivity contribution in [2.24, 2.45) is 0 Å². The van der Waals surface area contributed by atoms with E-state index in [4.69, 9.17) is 0 Å². The second-order valence-corrected chi connectivity index (χ2v) is 6.15. The van der Waals surface area contributed by atoms with Crippen molar-refractivity contribution in [3.05, 3.63) is 30.3 Å². The van der Waals surface area contributed by atoms with Crippen LogP contribution in [-0.2, 0) is 0 Å². The number of nitrogens with one attached hydrogen (secondary N) is 1. The molecule has 3 heteroatoms. The first-order valence-electron chi connectivity index (χ1n) is 8.09. The molecule has 3 nitrogen and oxygen atoms in total. The van der Waals surface area contributed by atoms with E-state index in [1.54, 1.807) is 0 Å². The quantitative estimate of drug-likeness (QED) is 0.908. The van der Waals surface area contributed by atoms with E-state index in [0.29, 0.717) is 0 Å². The van der Waals surface area contributed by atoms with Gasteiger partial charge < -0.3 is 10.2 Å². The zero-order valence-corrected chi connectivity index (χ0v) is 12.6. The molecule has 0 bridgehead atoms. The van der Waals surface area contributed by atoms with Crippen LogP contribution in [0.4, 0.5) is 5.69 Å². The van der Waals surface area contributed by atoms with Gasteiger partial charge in [-0.1, -0.05) is 18.2 Å². The van der Waals surface area contributed by atoms with Gasteiger partial charge in [-0.2, -0.15) is 0 Å². The standard InChI is InChI=1S/C17H27N3/c1-18-14-17-8-5-11-20(17)16-9-12-19(13-10-16)15-6-3-2-4-7-15/h2-4,6-7,16-18H,5,8-14H2,1H3. The molecule has 2 aliphatic heterocycles. The Bertz CT molecular complexity index is 398. The number of likely N-dealkylation sites (N-methyl/N-ethyl adjacent to an activating group) is 1. The summed E-state index contributed by atoms with van der Waals surface area (Å²) < 4.78 is 0. The third kappa shape index (κ3) is 2.99. The maximum atomic E-state index is 3.36. The predicted octanol–water partition coefficient (Wildman–Crippen LogP) is 2.34. The molecule has 1 aromatic carbocycles. The number of likely N-dealkylation sites (tertiary alicyclic amines) is 1. The van der Waals surface area contributed by atoms with Gasteiger partial charge in [-0.15, -0.1) is 0 Å². The molecule has 1 N–H and O–H groups in total. The molecule has 0 aliphatic carbocycles. The Morgan fingerprint density at radius 3 is 2.50 bits per heavy atom. The SMILES string of the molecule is CNCC1CCCN1C1CCN(c2ccccc2)CC1. The molecule has 0 radical (unpaired) electrons. The molecule has 2 aliphatic rings. The number of nitrogens with zero attached hydrogens (tertiary/aromatic N) is 2. The van der Waals surface area contributed by atoms with Crippen LogP contribution in [-0.4, -0.2) is 50.2 Å². The Morgan fingerprint density at radius 1 is 1.05 bits per heavy atom. The van der Waals surface area contributed by atoms with Crippen LogP contribution in [0.25, 0.3) is 0 Å². The van der Waals surface area contributed by atoms with Crippen LogP contribution in [0.15, 0.2) is 30.3 Å². The normalized spacial score (nSPS) is 25.2. The van der Waals surface area contributed by atoms with Crippen LogP contribution >= 0.6 is 0 Å². The molecule has 2 fully saturated rings. The van der Waals surface area contributed by atoms with Crippen molar-refractivity contribution in [3.8, 4) is 0 Å². The molecule has 3 rings (SSSR count). The first-order chi connectivity index (χ1) is 9.88. The van der Waals surface area contributed by atoms with Gasteiger partial charge in [0, 0.05) is 37.4 Å². The van der Waals surface area contributed by atoms with Crippen molar-refractivity contribution < 1.29 is 0 Å². The Labute approximate surface area is 123 Å². The van der Waals surface area contributed by atoms with Crippen molar-refractivity contribution in [1.29, 1.82) is 0 Å². The Balaban J connectivity index is 1.56. The second-order valence-electron chi connectivity index (χ2n) is 6.15. The lowest BCUT2D eigenvalue weighted by Crippen LogP contribution is -2.49. The van der Waals surface area contributed by atoms with E-state index in [-0.39, 0.29) is 0 Å². The summed E-state index contributed by atoms with van der Waals surface area (Å²) in [6.07, 6.45) is 5.38. The van der Waals surface area contributed by atoms with Crippen molar-refractivity contribution in [2.75, 3.05) is 38.1 Å². The summed E-state index contributed by atoms with van der Waals surface area (Å²) in [5.74, 6) is 0. The highest BCUT2D eigenvalue weighted by Crippen LogP contribution is 2.27. The lowest BCUT2D eigenvalue weighted by molar-refractivity contribution is 0.153. The highest BCUT2D eigenvalue weighted by Gasteiger charge is 2.32. The van der Waals surface area contributed by atoms with Crippen LogP contribution in [0.3, 0.4) is 0 Å². The first kappa shape index (κ1) is 13.9. The van der Waals surface area contributed by atoms with Crippen LogP contribution in [0.1, 0.15) is 25.7 Å². The molecule has 0 saturated carbocycles. The number of hydrogen-bond acceptors (Lipinski definition) is 3. The Hall–Kier alpha value is -1.06. The molecule has 1 aromatic rings. The molecule has 2 heterocycles.